The van der Waals surface area contributed by atoms with Crippen LogP contribution in [0.1, 0.15) is 42.5 Å². The fraction of sp³-hybridized carbons (Fsp3) is 0.235. The Bertz CT molecular complexity index is 1420. The molecule has 0 bridgehead atoms. The number of carbonyl (C=O) groups excluding carboxylic acids is 2. The van der Waals surface area contributed by atoms with E-state index >= 15 is 0 Å². The first-order valence-electron chi connectivity index (χ1n) is 13.5. The second-order valence-corrected chi connectivity index (χ2v) is 10.8. The van der Waals surface area contributed by atoms with E-state index in [0.717, 1.165) is 22.3 Å². The minimum Gasteiger partial charge on any atom is -0.473 e. The highest BCUT2D eigenvalue weighted by atomic mass is 35.5. The zero-order valence-corrected chi connectivity index (χ0v) is 23.4. The number of nitrogens with zero attached hydrogens (tertiary/aromatic N) is 1. The number of amides is 2. The summed E-state index contributed by atoms with van der Waals surface area (Å²) in [5, 5.41) is 0.601. The summed E-state index contributed by atoms with van der Waals surface area (Å²) < 4.78 is 12.2. The van der Waals surface area contributed by atoms with Crippen molar-refractivity contribution in [2.24, 2.45) is 5.92 Å². The van der Waals surface area contributed by atoms with Crippen LogP contribution in [0.4, 0.5) is 4.79 Å². The standard InChI is InChI=1S/C34H32ClNO4/c1-24(2)21-32(37)36-28(23-39-33(36)38)22-25-17-19-29(20-18-25)40-34(26-11-5-3-6-12-26,27-13-7-4-8-14-27)30-15-9-10-16-31(30)35/h3-20,24,28H,21-23H2,1-2H3/t28-/m0/s1. The maximum absolute atomic E-state index is 12.7. The quantitative estimate of drug-likeness (QED) is 0.200. The van der Waals surface area contributed by atoms with Gasteiger partial charge in [-0.05, 0) is 36.1 Å². The molecule has 1 saturated heterocycles. The Labute approximate surface area is 240 Å². The molecule has 5 nitrogen and oxygen atoms in total. The van der Waals surface area contributed by atoms with Gasteiger partial charge in [0.05, 0.1) is 6.04 Å². The molecule has 1 atom stereocenters. The van der Waals surface area contributed by atoms with Gasteiger partial charge in [-0.2, -0.15) is 0 Å². The van der Waals surface area contributed by atoms with E-state index in [4.69, 9.17) is 21.1 Å². The minimum absolute atomic E-state index is 0.158. The smallest absolute Gasteiger partial charge is 0.416 e. The average Bonchev–Trinajstić information content (AvgIpc) is 3.33. The molecule has 1 aliphatic heterocycles. The lowest BCUT2D eigenvalue weighted by atomic mass is 9.80. The van der Waals surface area contributed by atoms with E-state index in [0.29, 0.717) is 23.6 Å². The maximum Gasteiger partial charge on any atom is 0.416 e. The Kier molecular flexibility index (Phi) is 8.22. The lowest BCUT2D eigenvalue weighted by Crippen LogP contribution is -2.40. The fourth-order valence-corrected chi connectivity index (χ4v) is 5.52. The van der Waals surface area contributed by atoms with Crippen LogP contribution in [0.2, 0.25) is 5.02 Å². The molecule has 204 valence electrons. The summed E-state index contributed by atoms with van der Waals surface area (Å²) in [6.07, 6.45) is 0.246. The van der Waals surface area contributed by atoms with Gasteiger partial charge in [-0.3, -0.25) is 4.79 Å². The lowest BCUT2D eigenvalue weighted by Gasteiger charge is -2.37. The minimum atomic E-state index is -1.01. The van der Waals surface area contributed by atoms with Crippen molar-refractivity contribution in [2.75, 3.05) is 6.61 Å². The lowest BCUT2D eigenvalue weighted by molar-refractivity contribution is -0.129. The molecule has 5 rings (SSSR count). The zero-order chi connectivity index (χ0) is 28.1. The summed E-state index contributed by atoms with van der Waals surface area (Å²) in [6, 6.07) is 35.3. The summed E-state index contributed by atoms with van der Waals surface area (Å²) >= 11 is 6.83. The van der Waals surface area contributed by atoms with Gasteiger partial charge in [-0.1, -0.05) is 116 Å². The van der Waals surface area contributed by atoms with E-state index in [1.165, 1.54) is 4.90 Å². The summed E-state index contributed by atoms with van der Waals surface area (Å²) in [4.78, 5) is 26.3. The van der Waals surface area contributed by atoms with Gasteiger partial charge in [0.25, 0.3) is 0 Å². The van der Waals surface area contributed by atoms with E-state index in [2.05, 4.69) is 0 Å². The van der Waals surface area contributed by atoms with Crippen molar-refractivity contribution in [3.63, 3.8) is 0 Å². The molecule has 0 unspecified atom stereocenters. The molecule has 1 aliphatic rings. The third-order valence-electron chi connectivity index (χ3n) is 7.09. The van der Waals surface area contributed by atoms with Crippen LogP contribution in [0.25, 0.3) is 0 Å². The third-order valence-corrected chi connectivity index (χ3v) is 7.42. The largest absolute Gasteiger partial charge is 0.473 e. The second kappa shape index (κ2) is 12.0. The van der Waals surface area contributed by atoms with Crippen molar-refractivity contribution < 1.29 is 19.1 Å². The highest BCUT2D eigenvalue weighted by Crippen LogP contribution is 2.43. The summed E-state index contributed by atoms with van der Waals surface area (Å²) in [6.45, 7) is 4.11. The molecule has 1 fully saturated rings. The summed E-state index contributed by atoms with van der Waals surface area (Å²) in [5.41, 5.74) is 2.69. The van der Waals surface area contributed by atoms with Crippen LogP contribution >= 0.6 is 11.6 Å². The normalized spacial score (nSPS) is 15.2. The third kappa shape index (κ3) is 5.61. The number of ether oxygens (including phenoxy) is 2. The van der Waals surface area contributed by atoms with Crippen LogP contribution in [0.15, 0.2) is 109 Å². The second-order valence-electron chi connectivity index (χ2n) is 10.4. The Morgan fingerprint density at radius 3 is 2.05 bits per heavy atom. The molecule has 4 aromatic rings. The number of halogens is 1. The summed E-state index contributed by atoms with van der Waals surface area (Å²) in [5.74, 6) is 0.617. The molecular weight excluding hydrogens is 522 g/mol. The predicted octanol–water partition coefficient (Wildman–Crippen LogP) is 7.65. The molecule has 6 heteroatoms. The summed E-state index contributed by atoms with van der Waals surface area (Å²) in [7, 11) is 0. The maximum atomic E-state index is 12.7. The van der Waals surface area contributed by atoms with Gasteiger partial charge in [0.15, 0.2) is 5.60 Å². The zero-order valence-electron chi connectivity index (χ0n) is 22.6. The topological polar surface area (TPSA) is 55.8 Å². The van der Waals surface area contributed by atoms with Gasteiger partial charge in [-0.15, -0.1) is 0 Å². The van der Waals surface area contributed by atoms with E-state index in [9.17, 15) is 9.59 Å². The van der Waals surface area contributed by atoms with Crippen LogP contribution in [0.3, 0.4) is 0 Å². The molecule has 0 radical (unpaired) electrons. The number of benzene rings is 4. The van der Waals surface area contributed by atoms with Crippen molar-refractivity contribution in [1.82, 2.24) is 4.90 Å². The van der Waals surface area contributed by atoms with Gasteiger partial charge in [0, 0.05) is 28.1 Å². The van der Waals surface area contributed by atoms with Crippen molar-refractivity contribution in [3.05, 3.63) is 136 Å². The molecular formula is C34H32ClNO4. The van der Waals surface area contributed by atoms with Gasteiger partial charge in [0.2, 0.25) is 5.91 Å². The Morgan fingerprint density at radius 2 is 1.48 bits per heavy atom. The highest BCUT2D eigenvalue weighted by molar-refractivity contribution is 6.31. The van der Waals surface area contributed by atoms with Crippen molar-refractivity contribution >= 4 is 23.6 Å². The van der Waals surface area contributed by atoms with Gasteiger partial charge < -0.3 is 9.47 Å². The SMILES string of the molecule is CC(C)CC(=O)N1C(=O)OC[C@@H]1Cc1ccc(OC(c2ccccc2)(c2ccccc2)c2ccccc2Cl)cc1. The Balaban J connectivity index is 1.49. The van der Waals surface area contributed by atoms with Crippen LogP contribution in [-0.4, -0.2) is 29.5 Å². The van der Waals surface area contributed by atoms with E-state index < -0.39 is 11.7 Å². The number of cyclic esters (lactones) is 1. The van der Waals surface area contributed by atoms with E-state index in [1.54, 1.807) is 0 Å². The number of rotatable bonds is 9. The molecule has 4 aromatic carbocycles. The predicted molar refractivity (Wildman–Crippen MR) is 156 cm³/mol. The fourth-order valence-electron chi connectivity index (χ4n) is 5.25. The van der Waals surface area contributed by atoms with Gasteiger partial charge in [0.1, 0.15) is 12.4 Å². The van der Waals surface area contributed by atoms with Crippen LogP contribution in [0.5, 0.6) is 5.75 Å². The molecule has 0 aromatic heterocycles. The number of hydrogen-bond donors (Lipinski definition) is 0. The first kappa shape index (κ1) is 27.5. The van der Waals surface area contributed by atoms with E-state index in [-0.39, 0.29) is 24.5 Å². The van der Waals surface area contributed by atoms with Crippen LogP contribution < -0.4 is 4.74 Å². The van der Waals surface area contributed by atoms with Crippen LogP contribution in [0, 0.1) is 5.92 Å². The molecule has 0 saturated carbocycles. The van der Waals surface area contributed by atoms with Gasteiger partial charge in [-0.25, -0.2) is 9.69 Å². The average molecular weight is 554 g/mol. The van der Waals surface area contributed by atoms with Gasteiger partial charge >= 0.3 is 6.09 Å². The van der Waals surface area contributed by atoms with Crippen molar-refractivity contribution in [2.45, 2.75) is 38.3 Å². The molecule has 2 amide bonds. The molecule has 0 spiro atoms. The first-order chi connectivity index (χ1) is 19.4. The van der Waals surface area contributed by atoms with Crippen molar-refractivity contribution in [3.8, 4) is 5.75 Å². The molecule has 0 N–H and O–H groups in total. The molecule has 40 heavy (non-hydrogen) atoms. The van der Waals surface area contributed by atoms with Crippen molar-refractivity contribution in [1.29, 1.82) is 0 Å². The first-order valence-corrected chi connectivity index (χ1v) is 13.9. The van der Waals surface area contributed by atoms with Crippen LogP contribution in [-0.2, 0) is 21.6 Å². The monoisotopic (exact) mass is 553 g/mol. The van der Waals surface area contributed by atoms with E-state index in [1.807, 2.05) is 123 Å². The number of imide groups is 1. The highest BCUT2D eigenvalue weighted by Gasteiger charge is 2.41. The number of hydrogen-bond acceptors (Lipinski definition) is 4. The number of carbonyl (C=O) groups is 2. The molecule has 0 aliphatic carbocycles. The Hall–Kier alpha value is -4.09. The Morgan fingerprint density at radius 1 is 0.900 bits per heavy atom. The molecule has 1 heterocycles.